The molecule has 0 heterocycles. The van der Waals surface area contributed by atoms with Crippen molar-refractivity contribution in [1.29, 1.82) is 0 Å². The average molecular weight is 224 g/mol. The van der Waals surface area contributed by atoms with E-state index in [2.05, 4.69) is 37.3 Å². The zero-order valence-corrected chi connectivity index (χ0v) is 10.7. The van der Waals surface area contributed by atoms with E-state index in [0.29, 0.717) is 19.0 Å². The fourth-order valence-corrected chi connectivity index (χ4v) is 1.36. The molecule has 0 aromatic rings. The van der Waals surface area contributed by atoms with Crippen LogP contribution in [0.15, 0.2) is 0 Å². The largest absolute Gasteiger partial charge is 0.345 e. The molecule has 0 saturated heterocycles. The summed E-state index contributed by atoms with van der Waals surface area (Å²) in [6.45, 7) is 7.64. The molecule has 0 saturated carbocycles. The summed E-state index contributed by atoms with van der Waals surface area (Å²) < 4.78 is 0. The first-order chi connectivity index (χ1) is 7.56. The molecule has 3 nitrogen and oxygen atoms in total. The zero-order valence-electron chi connectivity index (χ0n) is 10.7. The van der Waals surface area contributed by atoms with Gasteiger partial charge >= 0.3 is 0 Å². The van der Waals surface area contributed by atoms with E-state index in [1.807, 2.05) is 0 Å². The van der Waals surface area contributed by atoms with E-state index in [0.717, 1.165) is 18.9 Å². The Bertz CT molecular complexity index is 231. The molecule has 0 aromatic heterocycles. The predicted molar refractivity (Wildman–Crippen MR) is 68.0 cm³/mol. The van der Waals surface area contributed by atoms with Crippen molar-refractivity contribution in [2.24, 2.45) is 5.92 Å². The highest BCUT2D eigenvalue weighted by molar-refractivity contribution is 5.76. The average Bonchev–Trinajstić information content (AvgIpc) is 2.23. The topological polar surface area (TPSA) is 41.1 Å². The first-order valence-electron chi connectivity index (χ1n) is 5.99. The summed E-state index contributed by atoms with van der Waals surface area (Å²) >= 11 is 0. The molecule has 0 bridgehead atoms. The van der Waals surface area contributed by atoms with Gasteiger partial charge in [0.05, 0.1) is 6.54 Å². The second-order valence-corrected chi connectivity index (χ2v) is 4.56. The van der Waals surface area contributed by atoms with Gasteiger partial charge in [-0.1, -0.05) is 19.8 Å². The molecule has 0 spiro atoms. The quantitative estimate of drug-likeness (QED) is 0.614. The zero-order chi connectivity index (χ0) is 12.4. The first kappa shape index (κ1) is 15.0. The predicted octanol–water partition coefficient (Wildman–Crippen LogP) is 1.54. The third kappa shape index (κ3) is 9.54. The minimum Gasteiger partial charge on any atom is -0.345 e. The monoisotopic (exact) mass is 224 g/mol. The van der Waals surface area contributed by atoms with Crippen molar-refractivity contribution in [3.05, 3.63) is 0 Å². The van der Waals surface area contributed by atoms with Gasteiger partial charge in [-0.2, -0.15) is 0 Å². The van der Waals surface area contributed by atoms with Crippen molar-refractivity contribution >= 4 is 5.91 Å². The molecule has 1 amide bonds. The van der Waals surface area contributed by atoms with Gasteiger partial charge in [0.25, 0.3) is 0 Å². The van der Waals surface area contributed by atoms with E-state index in [9.17, 15) is 4.79 Å². The molecule has 0 aliphatic heterocycles. The van der Waals surface area contributed by atoms with E-state index >= 15 is 0 Å². The Kier molecular flexibility index (Phi) is 8.65. The van der Waals surface area contributed by atoms with Crippen molar-refractivity contribution in [3.63, 3.8) is 0 Å². The smallest absolute Gasteiger partial charge is 0.222 e. The van der Waals surface area contributed by atoms with Crippen LogP contribution >= 0.6 is 0 Å². The van der Waals surface area contributed by atoms with E-state index in [1.54, 1.807) is 0 Å². The molecule has 0 aliphatic rings. The van der Waals surface area contributed by atoms with Gasteiger partial charge in [-0.3, -0.25) is 4.79 Å². The summed E-state index contributed by atoms with van der Waals surface area (Å²) in [5, 5.41) is 5.97. The van der Waals surface area contributed by atoms with Crippen LogP contribution in [0.3, 0.4) is 0 Å². The molecule has 92 valence electrons. The lowest BCUT2D eigenvalue weighted by atomic mass is 10.0. The van der Waals surface area contributed by atoms with Crippen LogP contribution in [0.25, 0.3) is 0 Å². The van der Waals surface area contributed by atoms with Crippen LogP contribution in [0.4, 0.5) is 0 Å². The number of amides is 1. The fraction of sp³-hybridized carbons (Fsp3) is 0.769. The van der Waals surface area contributed by atoms with Crippen LogP contribution in [-0.2, 0) is 4.79 Å². The summed E-state index contributed by atoms with van der Waals surface area (Å²) in [5.74, 6) is 3.13. The van der Waals surface area contributed by atoms with Gasteiger partial charge in [-0.15, -0.1) is 6.42 Å². The second-order valence-electron chi connectivity index (χ2n) is 4.56. The highest BCUT2D eigenvalue weighted by Gasteiger charge is 2.04. The molecule has 0 rings (SSSR count). The highest BCUT2D eigenvalue weighted by Crippen LogP contribution is 2.06. The molecular weight excluding hydrogens is 200 g/mol. The molecule has 0 fully saturated rings. The van der Waals surface area contributed by atoms with Gasteiger partial charge in [0.15, 0.2) is 0 Å². The van der Waals surface area contributed by atoms with E-state index in [-0.39, 0.29) is 5.91 Å². The minimum absolute atomic E-state index is 0.0153. The van der Waals surface area contributed by atoms with Crippen LogP contribution in [0.2, 0.25) is 0 Å². The molecule has 0 radical (unpaired) electrons. The first-order valence-corrected chi connectivity index (χ1v) is 5.99. The molecule has 0 aromatic carbocycles. The molecule has 2 N–H and O–H groups in total. The lowest BCUT2D eigenvalue weighted by Gasteiger charge is -2.14. The van der Waals surface area contributed by atoms with Gasteiger partial charge in [0.2, 0.25) is 5.91 Å². The third-order valence-electron chi connectivity index (χ3n) is 2.41. The number of hydrogen-bond acceptors (Lipinski definition) is 2. The summed E-state index contributed by atoms with van der Waals surface area (Å²) in [6.07, 6.45) is 7.91. The van der Waals surface area contributed by atoms with Gasteiger partial charge in [-0.25, -0.2) is 0 Å². The molecule has 3 heteroatoms. The summed E-state index contributed by atoms with van der Waals surface area (Å²) in [5.41, 5.74) is 0. The Labute approximate surface area is 99.4 Å². The Balaban J connectivity index is 3.43. The molecule has 16 heavy (non-hydrogen) atoms. The fourth-order valence-electron chi connectivity index (χ4n) is 1.36. The molecule has 1 unspecified atom stereocenters. The van der Waals surface area contributed by atoms with Crippen LogP contribution in [0, 0.1) is 18.3 Å². The Morgan fingerprint density at radius 1 is 1.31 bits per heavy atom. The normalized spacial score (nSPS) is 12.2. The SMILES string of the molecule is C#CCNC(=O)CCNC(C)CCC(C)C. The Hall–Kier alpha value is -1.01. The Morgan fingerprint density at radius 2 is 2.00 bits per heavy atom. The number of hydrogen-bond donors (Lipinski definition) is 2. The van der Waals surface area contributed by atoms with Gasteiger partial charge in [-0.05, 0) is 25.7 Å². The number of terminal acetylenes is 1. The molecule has 1 atom stereocenters. The number of carbonyl (C=O) groups is 1. The van der Waals surface area contributed by atoms with Crippen molar-refractivity contribution < 1.29 is 4.79 Å². The van der Waals surface area contributed by atoms with E-state index < -0.39 is 0 Å². The second kappa shape index (κ2) is 9.23. The maximum atomic E-state index is 11.2. The maximum Gasteiger partial charge on any atom is 0.222 e. The number of carbonyl (C=O) groups excluding carboxylic acids is 1. The van der Waals surface area contributed by atoms with Crippen molar-refractivity contribution in [3.8, 4) is 12.3 Å². The van der Waals surface area contributed by atoms with Gasteiger partial charge in [0, 0.05) is 19.0 Å². The van der Waals surface area contributed by atoms with Crippen LogP contribution in [0.1, 0.15) is 40.0 Å². The number of nitrogens with one attached hydrogen (secondary N) is 2. The summed E-state index contributed by atoms with van der Waals surface area (Å²) in [7, 11) is 0. The summed E-state index contributed by atoms with van der Waals surface area (Å²) in [4.78, 5) is 11.2. The van der Waals surface area contributed by atoms with Crippen molar-refractivity contribution in [2.45, 2.75) is 46.1 Å². The lowest BCUT2D eigenvalue weighted by Crippen LogP contribution is -2.32. The van der Waals surface area contributed by atoms with Gasteiger partial charge < -0.3 is 10.6 Å². The highest BCUT2D eigenvalue weighted by atomic mass is 16.1. The summed E-state index contributed by atoms with van der Waals surface area (Å²) in [6, 6.07) is 0.475. The van der Waals surface area contributed by atoms with Crippen LogP contribution in [-0.4, -0.2) is 25.0 Å². The van der Waals surface area contributed by atoms with Crippen molar-refractivity contribution in [2.75, 3.05) is 13.1 Å². The van der Waals surface area contributed by atoms with Gasteiger partial charge in [0.1, 0.15) is 0 Å². The Morgan fingerprint density at radius 3 is 2.56 bits per heavy atom. The van der Waals surface area contributed by atoms with Crippen LogP contribution < -0.4 is 10.6 Å². The van der Waals surface area contributed by atoms with E-state index in [1.165, 1.54) is 6.42 Å². The third-order valence-corrected chi connectivity index (χ3v) is 2.41. The van der Waals surface area contributed by atoms with E-state index in [4.69, 9.17) is 6.42 Å². The lowest BCUT2D eigenvalue weighted by molar-refractivity contribution is -0.120. The minimum atomic E-state index is 0.0153. The standard InChI is InChI=1S/C13H24N2O/c1-5-9-15-13(16)8-10-14-12(4)7-6-11(2)3/h1,11-12,14H,6-10H2,2-4H3,(H,15,16). The van der Waals surface area contributed by atoms with Crippen LogP contribution in [0.5, 0.6) is 0 Å². The van der Waals surface area contributed by atoms with Crippen molar-refractivity contribution in [1.82, 2.24) is 10.6 Å². The number of rotatable bonds is 8. The molecule has 0 aliphatic carbocycles. The molecular formula is C13H24N2O. The maximum absolute atomic E-state index is 11.2.